The summed E-state index contributed by atoms with van der Waals surface area (Å²) in [6.07, 6.45) is 5.55. The Balaban J connectivity index is 0.00000225. The average Bonchev–Trinajstić information content (AvgIpc) is 3.15. The summed E-state index contributed by atoms with van der Waals surface area (Å²) in [5.41, 5.74) is 0.798. The van der Waals surface area contributed by atoms with Crippen LogP contribution in [0.1, 0.15) is 32.1 Å². The quantitative estimate of drug-likeness (QED) is 0.676. The smallest absolute Gasteiger partial charge is 0.231 e. The first-order valence-corrected chi connectivity index (χ1v) is 11.1. The van der Waals surface area contributed by atoms with Crippen LogP contribution in [0.5, 0.6) is 0 Å². The Morgan fingerprint density at radius 1 is 1.25 bits per heavy atom. The number of carbonyl (C=O) groups is 1. The van der Waals surface area contributed by atoms with Gasteiger partial charge in [-0.15, -0.1) is 12.4 Å². The Hall–Kier alpha value is -0.920. The number of ether oxygens (including phenoxy) is 1. The zero-order valence-corrected chi connectivity index (χ0v) is 18.3. The molecule has 0 atom stereocenters. The maximum absolute atomic E-state index is 13.3. The number of benzene rings is 1. The van der Waals surface area contributed by atoms with Crippen molar-refractivity contribution in [3.05, 3.63) is 23.2 Å². The molecule has 1 saturated heterocycles. The molecule has 0 unspecified atom stereocenters. The normalized spacial score (nSPS) is 18.8. The van der Waals surface area contributed by atoms with Crippen molar-refractivity contribution in [1.82, 2.24) is 9.88 Å². The topological polar surface area (TPSA) is 45.7 Å². The second kappa shape index (κ2) is 10.2. The summed E-state index contributed by atoms with van der Waals surface area (Å²) in [7, 11) is 0. The second-order valence-electron chi connectivity index (χ2n) is 7.36. The van der Waals surface area contributed by atoms with Crippen LogP contribution in [0.25, 0.3) is 10.2 Å². The van der Waals surface area contributed by atoms with Crippen molar-refractivity contribution in [2.24, 2.45) is 5.92 Å². The molecule has 28 heavy (non-hydrogen) atoms. The van der Waals surface area contributed by atoms with Crippen LogP contribution >= 0.6 is 35.3 Å². The highest BCUT2D eigenvalue weighted by molar-refractivity contribution is 7.22. The largest absolute Gasteiger partial charge is 0.379 e. The summed E-state index contributed by atoms with van der Waals surface area (Å²) < 4.78 is 6.47. The van der Waals surface area contributed by atoms with Gasteiger partial charge in [-0.1, -0.05) is 48.3 Å². The molecule has 1 amide bonds. The Morgan fingerprint density at radius 3 is 2.71 bits per heavy atom. The van der Waals surface area contributed by atoms with Crippen molar-refractivity contribution in [2.75, 3.05) is 44.3 Å². The molecule has 1 aliphatic heterocycles. The van der Waals surface area contributed by atoms with Crippen molar-refractivity contribution in [3.63, 3.8) is 0 Å². The lowest BCUT2D eigenvalue weighted by Gasteiger charge is -2.31. The van der Waals surface area contributed by atoms with Crippen LogP contribution < -0.4 is 4.90 Å². The van der Waals surface area contributed by atoms with E-state index >= 15 is 0 Å². The average molecular weight is 444 g/mol. The fraction of sp³-hybridized carbons (Fsp3) is 0.600. The van der Waals surface area contributed by atoms with Gasteiger partial charge in [0, 0.05) is 32.1 Å². The minimum Gasteiger partial charge on any atom is -0.379 e. The minimum atomic E-state index is 0. The summed E-state index contributed by atoms with van der Waals surface area (Å²) in [5.74, 6) is 0.365. The Labute approximate surface area is 181 Å². The third kappa shape index (κ3) is 4.97. The van der Waals surface area contributed by atoms with Crippen molar-refractivity contribution < 1.29 is 9.53 Å². The van der Waals surface area contributed by atoms with Crippen LogP contribution in [0.4, 0.5) is 5.13 Å². The Morgan fingerprint density at radius 2 is 2.00 bits per heavy atom. The number of carbonyl (C=O) groups excluding carboxylic acids is 1. The van der Waals surface area contributed by atoms with Crippen LogP contribution in [-0.2, 0) is 9.53 Å². The van der Waals surface area contributed by atoms with E-state index in [1.165, 1.54) is 6.42 Å². The van der Waals surface area contributed by atoms with Gasteiger partial charge in [-0.3, -0.25) is 14.6 Å². The molecule has 0 bridgehead atoms. The lowest BCUT2D eigenvalue weighted by atomic mass is 9.88. The van der Waals surface area contributed by atoms with Crippen molar-refractivity contribution in [1.29, 1.82) is 0 Å². The zero-order chi connectivity index (χ0) is 18.6. The van der Waals surface area contributed by atoms with Crippen LogP contribution in [0.15, 0.2) is 18.2 Å². The van der Waals surface area contributed by atoms with E-state index in [9.17, 15) is 4.79 Å². The second-order valence-corrected chi connectivity index (χ2v) is 8.78. The van der Waals surface area contributed by atoms with Crippen molar-refractivity contribution in [2.45, 2.75) is 32.1 Å². The molecule has 154 valence electrons. The molecular weight excluding hydrogens is 417 g/mol. The third-order valence-electron chi connectivity index (χ3n) is 5.55. The van der Waals surface area contributed by atoms with Gasteiger partial charge in [0.2, 0.25) is 5.91 Å². The summed E-state index contributed by atoms with van der Waals surface area (Å²) in [4.78, 5) is 22.4. The molecule has 0 radical (unpaired) electrons. The van der Waals surface area contributed by atoms with E-state index in [1.807, 2.05) is 23.1 Å². The van der Waals surface area contributed by atoms with Gasteiger partial charge in [0.05, 0.1) is 22.9 Å². The fourth-order valence-electron chi connectivity index (χ4n) is 3.95. The SMILES string of the molecule is Cl.O=C(C1CCCCC1)N(CCN1CCOCC1)c1nc2c(Cl)cccc2s1. The van der Waals surface area contributed by atoms with Gasteiger partial charge in [-0.2, -0.15) is 0 Å². The predicted octanol–water partition coefficient (Wildman–Crippen LogP) is 4.62. The number of para-hydroxylation sites is 1. The monoisotopic (exact) mass is 443 g/mol. The van der Waals surface area contributed by atoms with E-state index in [-0.39, 0.29) is 24.2 Å². The fourth-order valence-corrected chi connectivity index (χ4v) is 5.25. The summed E-state index contributed by atoms with van der Waals surface area (Å²) >= 11 is 7.89. The van der Waals surface area contributed by atoms with Gasteiger partial charge in [0.25, 0.3) is 0 Å². The summed E-state index contributed by atoms with van der Waals surface area (Å²) in [6.45, 7) is 4.92. The van der Waals surface area contributed by atoms with Gasteiger partial charge < -0.3 is 4.74 Å². The van der Waals surface area contributed by atoms with Crippen molar-refractivity contribution >= 4 is 56.6 Å². The first-order chi connectivity index (χ1) is 13.2. The maximum atomic E-state index is 13.3. The first-order valence-electron chi connectivity index (χ1n) is 9.89. The standard InChI is InChI=1S/C20H26ClN3O2S.ClH/c21-16-7-4-8-17-18(16)22-20(27-17)24(10-9-23-11-13-26-14-12-23)19(25)15-5-2-1-3-6-15;/h4,7-8,15H,1-3,5-6,9-14H2;1H. The number of fused-ring (bicyclic) bond motifs is 1. The number of morpholine rings is 1. The highest BCUT2D eigenvalue weighted by Gasteiger charge is 2.29. The molecule has 1 aliphatic carbocycles. The molecule has 1 aromatic carbocycles. The number of anilines is 1. The van der Waals surface area contributed by atoms with E-state index in [4.69, 9.17) is 21.3 Å². The van der Waals surface area contributed by atoms with Crippen molar-refractivity contribution in [3.8, 4) is 0 Å². The van der Waals surface area contributed by atoms with Gasteiger partial charge in [-0.25, -0.2) is 4.98 Å². The lowest BCUT2D eigenvalue weighted by molar-refractivity contribution is -0.123. The number of aromatic nitrogens is 1. The highest BCUT2D eigenvalue weighted by Crippen LogP contribution is 2.35. The molecule has 0 spiro atoms. The van der Waals surface area contributed by atoms with Gasteiger partial charge in [0.1, 0.15) is 5.52 Å². The molecule has 2 fully saturated rings. The Kier molecular flexibility index (Phi) is 7.94. The van der Waals surface area contributed by atoms with E-state index in [2.05, 4.69) is 4.90 Å². The number of hydrogen-bond acceptors (Lipinski definition) is 5. The van der Waals surface area contributed by atoms with E-state index < -0.39 is 0 Å². The third-order valence-corrected chi connectivity index (χ3v) is 6.90. The highest BCUT2D eigenvalue weighted by atomic mass is 35.5. The molecule has 0 N–H and O–H groups in total. The van der Waals surface area contributed by atoms with E-state index in [0.717, 1.165) is 73.9 Å². The summed E-state index contributed by atoms with van der Waals surface area (Å²) in [5, 5.41) is 1.43. The van der Waals surface area contributed by atoms with Gasteiger partial charge in [-0.05, 0) is 25.0 Å². The predicted molar refractivity (Wildman–Crippen MR) is 118 cm³/mol. The molecule has 5 nitrogen and oxygen atoms in total. The van der Waals surface area contributed by atoms with E-state index in [1.54, 1.807) is 11.3 Å². The zero-order valence-electron chi connectivity index (χ0n) is 15.9. The molecule has 2 aromatic rings. The number of hydrogen-bond donors (Lipinski definition) is 0. The first kappa shape index (κ1) is 21.8. The molecule has 4 rings (SSSR count). The maximum Gasteiger partial charge on any atom is 0.231 e. The van der Waals surface area contributed by atoms with Gasteiger partial charge in [0.15, 0.2) is 5.13 Å². The molecule has 1 aromatic heterocycles. The Bertz CT molecular complexity index is 789. The lowest BCUT2D eigenvalue weighted by Crippen LogP contribution is -2.45. The number of amides is 1. The molecule has 2 aliphatic rings. The van der Waals surface area contributed by atoms with E-state index in [0.29, 0.717) is 11.6 Å². The molecule has 8 heteroatoms. The summed E-state index contributed by atoms with van der Waals surface area (Å²) in [6, 6.07) is 5.82. The number of nitrogens with zero attached hydrogens (tertiary/aromatic N) is 3. The molecule has 1 saturated carbocycles. The number of rotatable bonds is 5. The number of thiazole rings is 1. The number of halogens is 2. The van der Waals surface area contributed by atoms with Crippen LogP contribution in [0.2, 0.25) is 5.02 Å². The minimum absolute atomic E-state index is 0. The van der Waals surface area contributed by atoms with Gasteiger partial charge >= 0.3 is 0 Å². The van der Waals surface area contributed by atoms with Crippen LogP contribution in [0, 0.1) is 5.92 Å². The molecule has 2 heterocycles. The van der Waals surface area contributed by atoms with Crippen LogP contribution in [-0.4, -0.2) is 55.2 Å². The van der Waals surface area contributed by atoms with Crippen LogP contribution in [0.3, 0.4) is 0 Å². The molecular formula is C20H27Cl2N3O2S.